The Kier molecular flexibility index (Phi) is 4.91. The van der Waals surface area contributed by atoms with E-state index in [0.29, 0.717) is 0 Å². The zero-order valence-electron chi connectivity index (χ0n) is 11.9. The molecule has 1 N–H and O–H groups in total. The summed E-state index contributed by atoms with van der Waals surface area (Å²) in [6.45, 7) is 0. The van der Waals surface area contributed by atoms with Crippen LogP contribution in [0.1, 0.15) is 23.2 Å². The summed E-state index contributed by atoms with van der Waals surface area (Å²) < 4.78 is 0. The lowest BCUT2D eigenvalue weighted by atomic mass is 9.92. The van der Waals surface area contributed by atoms with E-state index in [1.165, 1.54) is 0 Å². The van der Waals surface area contributed by atoms with Crippen molar-refractivity contribution < 1.29 is 4.79 Å². The minimum atomic E-state index is -0.0406. The SMILES string of the molecule is CN[C@@H](c1ccccc1)[C@@H](c1ccccc1)N(C)C=O. The summed E-state index contributed by atoms with van der Waals surface area (Å²) in [6.07, 6.45) is 0.880. The van der Waals surface area contributed by atoms with Crippen molar-refractivity contribution >= 4 is 6.41 Å². The molecular weight excluding hydrogens is 248 g/mol. The number of hydrogen-bond acceptors (Lipinski definition) is 2. The van der Waals surface area contributed by atoms with Gasteiger partial charge >= 0.3 is 0 Å². The van der Waals surface area contributed by atoms with Crippen molar-refractivity contribution in [2.45, 2.75) is 12.1 Å². The zero-order chi connectivity index (χ0) is 14.4. The van der Waals surface area contributed by atoms with Crippen molar-refractivity contribution in [3.05, 3.63) is 71.8 Å². The maximum Gasteiger partial charge on any atom is 0.210 e. The maximum absolute atomic E-state index is 11.3. The standard InChI is InChI=1S/C17H20N2O/c1-18-16(14-9-5-3-6-10-14)17(19(2)13-20)15-11-7-4-8-12-15/h3-13,16-18H,1-2H3/t16-,17+/m0/s1. The van der Waals surface area contributed by atoms with Gasteiger partial charge in [-0.1, -0.05) is 60.7 Å². The summed E-state index contributed by atoms with van der Waals surface area (Å²) in [5.74, 6) is 0. The van der Waals surface area contributed by atoms with Crippen LogP contribution >= 0.6 is 0 Å². The molecule has 2 rings (SSSR count). The maximum atomic E-state index is 11.3. The lowest BCUT2D eigenvalue weighted by Crippen LogP contribution is -2.34. The third-order valence-corrected chi connectivity index (χ3v) is 3.53. The molecule has 0 radical (unpaired) electrons. The van der Waals surface area contributed by atoms with Gasteiger partial charge in [-0.25, -0.2) is 0 Å². The number of nitrogens with one attached hydrogen (secondary N) is 1. The van der Waals surface area contributed by atoms with Gasteiger partial charge in [-0.15, -0.1) is 0 Å². The number of hydrogen-bond donors (Lipinski definition) is 1. The van der Waals surface area contributed by atoms with Crippen LogP contribution in [0.3, 0.4) is 0 Å². The van der Waals surface area contributed by atoms with Crippen LogP contribution < -0.4 is 5.32 Å². The summed E-state index contributed by atoms with van der Waals surface area (Å²) in [4.78, 5) is 13.0. The zero-order valence-corrected chi connectivity index (χ0v) is 11.9. The highest BCUT2D eigenvalue weighted by Gasteiger charge is 2.26. The van der Waals surface area contributed by atoms with Crippen molar-refractivity contribution in [2.24, 2.45) is 0 Å². The molecule has 0 heterocycles. The minimum absolute atomic E-state index is 0.0406. The molecule has 104 valence electrons. The number of carbonyl (C=O) groups is 1. The molecule has 0 fully saturated rings. The van der Waals surface area contributed by atoms with Crippen LogP contribution in [-0.4, -0.2) is 25.4 Å². The number of carbonyl (C=O) groups excluding carboxylic acids is 1. The predicted molar refractivity (Wildman–Crippen MR) is 81.3 cm³/mol. The van der Waals surface area contributed by atoms with E-state index in [9.17, 15) is 4.79 Å². The molecule has 0 saturated carbocycles. The van der Waals surface area contributed by atoms with Crippen molar-refractivity contribution in [3.63, 3.8) is 0 Å². The Balaban J connectivity index is 2.42. The van der Waals surface area contributed by atoms with Gasteiger partial charge in [-0.05, 0) is 18.2 Å². The Morgan fingerprint density at radius 2 is 1.45 bits per heavy atom. The fourth-order valence-corrected chi connectivity index (χ4v) is 2.55. The second-order valence-corrected chi connectivity index (χ2v) is 4.80. The number of likely N-dealkylation sites (N-methyl/N-ethyl adjacent to an activating group) is 2. The lowest BCUT2D eigenvalue weighted by molar-refractivity contribution is -0.119. The monoisotopic (exact) mass is 268 g/mol. The lowest BCUT2D eigenvalue weighted by Gasteiger charge is -2.33. The van der Waals surface area contributed by atoms with E-state index in [1.807, 2.05) is 50.5 Å². The Bertz CT molecular complexity index is 527. The first-order chi connectivity index (χ1) is 9.77. The first-order valence-electron chi connectivity index (χ1n) is 6.72. The van der Waals surface area contributed by atoms with E-state index in [1.54, 1.807) is 4.90 Å². The number of amides is 1. The molecule has 3 heteroatoms. The third kappa shape index (κ3) is 3.06. The topological polar surface area (TPSA) is 32.3 Å². The Labute approximate surface area is 120 Å². The van der Waals surface area contributed by atoms with Crippen LogP contribution in [0, 0.1) is 0 Å². The fraction of sp³-hybridized carbons (Fsp3) is 0.235. The highest BCUT2D eigenvalue weighted by molar-refractivity contribution is 5.49. The van der Waals surface area contributed by atoms with Gasteiger partial charge in [0.25, 0.3) is 0 Å². The van der Waals surface area contributed by atoms with Crippen LogP contribution in [0.2, 0.25) is 0 Å². The molecule has 2 atom stereocenters. The largest absolute Gasteiger partial charge is 0.339 e. The fourth-order valence-electron chi connectivity index (χ4n) is 2.55. The van der Waals surface area contributed by atoms with Crippen LogP contribution in [0.25, 0.3) is 0 Å². The van der Waals surface area contributed by atoms with Gasteiger partial charge in [0.05, 0.1) is 12.1 Å². The molecule has 0 spiro atoms. The van der Waals surface area contributed by atoms with Crippen LogP contribution in [0.15, 0.2) is 60.7 Å². The van der Waals surface area contributed by atoms with E-state index < -0.39 is 0 Å². The molecule has 0 saturated heterocycles. The Morgan fingerprint density at radius 1 is 0.950 bits per heavy atom. The van der Waals surface area contributed by atoms with Crippen molar-refractivity contribution in [1.29, 1.82) is 0 Å². The molecule has 2 aromatic carbocycles. The molecule has 3 nitrogen and oxygen atoms in total. The third-order valence-electron chi connectivity index (χ3n) is 3.53. The molecular formula is C17H20N2O. The molecule has 0 aromatic heterocycles. The quantitative estimate of drug-likeness (QED) is 0.817. The second-order valence-electron chi connectivity index (χ2n) is 4.80. The average Bonchev–Trinajstić information content (AvgIpc) is 2.53. The minimum Gasteiger partial charge on any atom is -0.339 e. The van der Waals surface area contributed by atoms with Gasteiger partial charge in [-0.3, -0.25) is 4.79 Å². The number of nitrogens with zero attached hydrogens (tertiary/aromatic N) is 1. The number of rotatable bonds is 6. The van der Waals surface area contributed by atoms with Crippen LogP contribution in [-0.2, 0) is 4.79 Å². The average molecular weight is 268 g/mol. The Hall–Kier alpha value is -2.13. The van der Waals surface area contributed by atoms with Crippen LogP contribution in [0.4, 0.5) is 0 Å². The van der Waals surface area contributed by atoms with Crippen molar-refractivity contribution in [2.75, 3.05) is 14.1 Å². The van der Waals surface area contributed by atoms with E-state index >= 15 is 0 Å². The summed E-state index contributed by atoms with van der Waals surface area (Å²) in [6, 6.07) is 20.3. The van der Waals surface area contributed by atoms with E-state index in [2.05, 4.69) is 29.6 Å². The molecule has 1 amide bonds. The van der Waals surface area contributed by atoms with Gasteiger partial charge < -0.3 is 10.2 Å². The van der Waals surface area contributed by atoms with E-state index in [4.69, 9.17) is 0 Å². The van der Waals surface area contributed by atoms with E-state index in [-0.39, 0.29) is 12.1 Å². The van der Waals surface area contributed by atoms with E-state index in [0.717, 1.165) is 17.5 Å². The van der Waals surface area contributed by atoms with Gasteiger partial charge in [0.2, 0.25) is 6.41 Å². The molecule has 0 bridgehead atoms. The highest BCUT2D eigenvalue weighted by Crippen LogP contribution is 2.32. The van der Waals surface area contributed by atoms with Crippen molar-refractivity contribution in [3.8, 4) is 0 Å². The van der Waals surface area contributed by atoms with Gasteiger partial charge in [-0.2, -0.15) is 0 Å². The molecule has 0 aliphatic carbocycles. The normalized spacial score (nSPS) is 13.5. The summed E-state index contributed by atoms with van der Waals surface area (Å²) >= 11 is 0. The summed E-state index contributed by atoms with van der Waals surface area (Å²) in [5, 5.41) is 3.33. The van der Waals surface area contributed by atoms with Crippen molar-refractivity contribution in [1.82, 2.24) is 10.2 Å². The Morgan fingerprint density at radius 3 is 1.90 bits per heavy atom. The van der Waals surface area contributed by atoms with Gasteiger partial charge in [0, 0.05) is 7.05 Å². The first kappa shape index (κ1) is 14.3. The molecule has 2 aromatic rings. The predicted octanol–water partition coefficient (Wildman–Crippen LogP) is 2.78. The molecule has 0 aliphatic rings. The number of benzene rings is 2. The first-order valence-corrected chi connectivity index (χ1v) is 6.72. The van der Waals surface area contributed by atoms with Gasteiger partial charge in [0.15, 0.2) is 0 Å². The summed E-state index contributed by atoms with van der Waals surface area (Å²) in [7, 11) is 3.74. The molecule has 0 unspecified atom stereocenters. The highest BCUT2D eigenvalue weighted by atomic mass is 16.1. The second kappa shape index (κ2) is 6.87. The molecule has 0 aliphatic heterocycles. The molecule has 20 heavy (non-hydrogen) atoms. The smallest absolute Gasteiger partial charge is 0.210 e. The van der Waals surface area contributed by atoms with Crippen LogP contribution in [0.5, 0.6) is 0 Å². The summed E-state index contributed by atoms with van der Waals surface area (Å²) in [5.41, 5.74) is 2.28. The van der Waals surface area contributed by atoms with Gasteiger partial charge in [0.1, 0.15) is 0 Å².